The van der Waals surface area contributed by atoms with E-state index in [9.17, 15) is 14.4 Å². The van der Waals surface area contributed by atoms with Gasteiger partial charge in [-0.25, -0.2) is 0 Å². The van der Waals surface area contributed by atoms with Gasteiger partial charge in [0.05, 0.1) is 13.0 Å². The third-order valence-corrected chi connectivity index (χ3v) is 2.75. The summed E-state index contributed by atoms with van der Waals surface area (Å²) in [5, 5.41) is 0. The minimum absolute atomic E-state index is 0.0866. The Morgan fingerprint density at radius 2 is 2.00 bits per heavy atom. The summed E-state index contributed by atoms with van der Waals surface area (Å²) < 4.78 is 5.06. The van der Waals surface area contributed by atoms with E-state index in [2.05, 4.69) is 6.92 Å². The van der Waals surface area contributed by atoms with Gasteiger partial charge in [-0.05, 0) is 18.9 Å². The highest BCUT2D eigenvalue weighted by atomic mass is 16.5. The number of aldehydes is 2. The molecule has 0 aliphatic heterocycles. The van der Waals surface area contributed by atoms with E-state index in [-0.39, 0.29) is 24.7 Å². The number of hydrogen-bond donors (Lipinski definition) is 0. The molecule has 18 heavy (non-hydrogen) atoms. The molecule has 102 valence electrons. The normalized spacial score (nSPS) is 12.9. The molecule has 4 nitrogen and oxygen atoms in total. The van der Waals surface area contributed by atoms with E-state index >= 15 is 0 Å². The fourth-order valence-electron chi connectivity index (χ4n) is 1.65. The molecular weight excluding hydrogens is 232 g/mol. The molecule has 0 aromatic carbocycles. The number of hydrogen-bond acceptors (Lipinski definition) is 4. The van der Waals surface area contributed by atoms with Gasteiger partial charge in [-0.15, -0.1) is 0 Å². The molecule has 4 heteroatoms. The standard InChI is InChI=1S/C14H22O4/c1-3-5-6-9-18-14(17)10-13(7-8-15)12(4-2)11-16/h4,8,11,13H,3,5-7,9-10H2,1-2H3/t13-/m0/s1. The van der Waals surface area contributed by atoms with E-state index in [4.69, 9.17) is 4.74 Å². The second-order valence-corrected chi connectivity index (χ2v) is 4.14. The molecule has 0 aliphatic rings. The van der Waals surface area contributed by atoms with Gasteiger partial charge in [-0.1, -0.05) is 25.8 Å². The van der Waals surface area contributed by atoms with Crippen molar-refractivity contribution in [2.75, 3.05) is 6.61 Å². The maximum atomic E-state index is 11.5. The van der Waals surface area contributed by atoms with Crippen molar-refractivity contribution in [1.82, 2.24) is 0 Å². The Morgan fingerprint density at radius 1 is 1.28 bits per heavy atom. The Bertz CT molecular complexity index is 294. The Hall–Kier alpha value is -1.45. The third-order valence-electron chi connectivity index (χ3n) is 2.75. The Kier molecular flexibility index (Phi) is 9.83. The van der Waals surface area contributed by atoms with Gasteiger partial charge in [-0.3, -0.25) is 9.59 Å². The van der Waals surface area contributed by atoms with Gasteiger partial charge >= 0.3 is 5.97 Å². The van der Waals surface area contributed by atoms with E-state index in [0.29, 0.717) is 18.5 Å². The van der Waals surface area contributed by atoms with Gasteiger partial charge in [-0.2, -0.15) is 0 Å². The zero-order valence-electron chi connectivity index (χ0n) is 11.2. The van der Waals surface area contributed by atoms with Crippen LogP contribution in [0.25, 0.3) is 0 Å². The first kappa shape index (κ1) is 16.6. The molecule has 0 heterocycles. The van der Waals surface area contributed by atoms with Crippen LogP contribution in [-0.4, -0.2) is 25.1 Å². The van der Waals surface area contributed by atoms with Gasteiger partial charge in [0, 0.05) is 12.3 Å². The molecule has 0 amide bonds. The number of unbranched alkanes of at least 4 members (excludes halogenated alkanes) is 2. The van der Waals surface area contributed by atoms with Crippen molar-refractivity contribution in [1.29, 1.82) is 0 Å². The van der Waals surface area contributed by atoms with Crippen LogP contribution in [0.2, 0.25) is 0 Å². The van der Waals surface area contributed by atoms with Crippen LogP contribution in [0.5, 0.6) is 0 Å². The predicted molar refractivity (Wildman–Crippen MR) is 69.1 cm³/mol. The summed E-state index contributed by atoms with van der Waals surface area (Å²) in [6.07, 6.45) is 6.25. The van der Waals surface area contributed by atoms with Crippen LogP contribution in [-0.2, 0) is 19.1 Å². The van der Waals surface area contributed by atoms with Gasteiger partial charge in [0.25, 0.3) is 0 Å². The van der Waals surface area contributed by atoms with Crippen LogP contribution in [0, 0.1) is 5.92 Å². The minimum Gasteiger partial charge on any atom is -0.466 e. The van der Waals surface area contributed by atoms with Crippen LogP contribution in [0.1, 0.15) is 46.0 Å². The monoisotopic (exact) mass is 254 g/mol. The van der Waals surface area contributed by atoms with Gasteiger partial charge in [0.2, 0.25) is 0 Å². The van der Waals surface area contributed by atoms with Gasteiger partial charge in [0.15, 0.2) is 0 Å². The van der Waals surface area contributed by atoms with E-state index in [1.165, 1.54) is 0 Å². The SMILES string of the molecule is CC=C(C=O)[C@@H](CC=O)CC(=O)OCCCCC. The fraction of sp³-hybridized carbons (Fsp3) is 0.643. The molecule has 0 aromatic heterocycles. The molecular formula is C14H22O4. The predicted octanol–water partition coefficient (Wildman–Crippen LogP) is 2.46. The van der Waals surface area contributed by atoms with Gasteiger partial charge in [0.1, 0.15) is 12.6 Å². The number of carbonyl (C=O) groups is 3. The lowest BCUT2D eigenvalue weighted by Crippen LogP contribution is -2.15. The molecule has 0 spiro atoms. The highest BCUT2D eigenvalue weighted by Crippen LogP contribution is 2.17. The lowest BCUT2D eigenvalue weighted by Gasteiger charge is -2.13. The van der Waals surface area contributed by atoms with Gasteiger partial charge < -0.3 is 9.53 Å². The van der Waals surface area contributed by atoms with E-state index in [1.54, 1.807) is 13.0 Å². The lowest BCUT2D eigenvalue weighted by molar-refractivity contribution is -0.144. The van der Waals surface area contributed by atoms with Crippen molar-refractivity contribution in [3.63, 3.8) is 0 Å². The zero-order valence-corrected chi connectivity index (χ0v) is 11.2. The van der Waals surface area contributed by atoms with Crippen molar-refractivity contribution in [2.24, 2.45) is 5.92 Å². The summed E-state index contributed by atoms with van der Waals surface area (Å²) in [6, 6.07) is 0. The van der Waals surface area contributed by atoms with Crippen molar-refractivity contribution in [3.05, 3.63) is 11.6 Å². The molecule has 0 rings (SSSR count). The Balaban J connectivity index is 4.19. The van der Waals surface area contributed by atoms with Crippen molar-refractivity contribution >= 4 is 18.5 Å². The average molecular weight is 254 g/mol. The number of esters is 1. The minimum atomic E-state index is -0.358. The largest absolute Gasteiger partial charge is 0.466 e. The lowest BCUT2D eigenvalue weighted by atomic mass is 9.93. The molecule has 0 unspecified atom stereocenters. The fourth-order valence-corrected chi connectivity index (χ4v) is 1.65. The zero-order chi connectivity index (χ0) is 13.8. The second-order valence-electron chi connectivity index (χ2n) is 4.14. The first-order chi connectivity index (χ1) is 8.69. The summed E-state index contributed by atoms with van der Waals surface area (Å²) in [5.41, 5.74) is 0.479. The maximum absolute atomic E-state index is 11.5. The van der Waals surface area contributed by atoms with E-state index < -0.39 is 0 Å². The first-order valence-corrected chi connectivity index (χ1v) is 6.40. The molecule has 0 N–H and O–H groups in total. The Labute approximate surface area is 108 Å². The molecule has 0 fully saturated rings. The van der Waals surface area contributed by atoms with E-state index in [1.807, 2.05) is 0 Å². The number of carbonyl (C=O) groups excluding carboxylic acids is 3. The van der Waals surface area contributed by atoms with Crippen molar-refractivity contribution in [3.8, 4) is 0 Å². The smallest absolute Gasteiger partial charge is 0.306 e. The summed E-state index contributed by atoms with van der Waals surface area (Å²) in [4.78, 5) is 32.9. The van der Waals surface area contributed by atoms with E-state index in [0.717, 1.165) is 25.5 Å². The quantitative estimate of drug-likeness (QED) is 0.260. The molecule has 0 saturated heterocycles. The van der Waals surface area contributed by atoms with Crippen LogP contribution in [0.3, 0.4) is 0 Å². The van der Waals surface area contributed by atoms with Crippen LogP contribution in [0.4, 0.5) is 0 Å². The van der Waals surface area contributed by atoms with Crippen molar-refractivity contribution in [2.45, 2.75) is 46.0 Å². The maximum Gasteiger partial charge on any atom is 0.306 e. The third kappa shape index (κ3) is 6.99. The highest BCUT2D eigenvalue weighted by molar-refractivity contribution is 5.78. The molecule has 0 saturated carbocycles. The first-order valence-electron chi connectivity index (χ1n) is 6.40. The Morgan fingerprint density at radius 3 is 2.50 bits per heavy atom. The molecule has 0 aliphatic carbocycles. The molecule has 0 bridgehead atoms. The molecule has 0 aromatic rings. The van der Waals surface area contributed by atoms with Crippen LogP contribution < -0.4 is 0 Å². The summed E-state index contributed by atoms with van der Waals surface area (Å²) in [6.45, 7) is 4.20. The number of rotatable bonds is 10. The summed E-state index contributed by atoms with van der Waals surface area (Å²) in [7, 11) is 0. The number of ether oxygens (including phenoxy) is 1. The molecule has 1 atom stereocenters. The van der Waals surface area contributed by atoms with Crippen LogP contribution in [0.15, 0.2) is 11.6 Å². The topological polar surface area (TPSA) is 60.4 Å². The van der Waals surface area contributed by atoms with Crippen molar-refractivity contribution < 1.29 is 19.1 Å². The highest BCUT2D eigenvalue weighted by Gasteiger charge is 2.18. The molecule has 0 radical (unpaired) electrons. The van der Waals surface area contributed by atoms with Crippen LogP contribution >= 0.6 is 0 Å². The summed E-state index contributed by atoms with van der Waals surface area (Å²) in [5.74, 6) is -0.706. The average Bonchev–Trinajstić information content (AvgIpc) is 2.36. The second kappa shape index (κ2) is 10.7. The number of allylic oxidation sites excluding steroid dienone is 2. The summed E-state index contributed by atoms with van der Waals surface area (Å²) >= 11 is 0.